The second-order valence-corrected chi connectivity index (χ2v) is 6.31. The Hall–Kier alpha value is -0.200. The Morgan fingerprint density at radius 2 is 1.61 bits per heavy atom. The minimum atomic E-state index is -1.03. The van der Waals surface area contributed by atoms with Crippen LogP contribution in [0.5, 0.6) is 0 Å². The predicted molar refractivity (Wildman–Crippen MR) is 67.5 cm³/mol. The third-order valence-electron chi connectivity index (χ3n) is 3.20. The van der Waals surface area contributed by atoms with E-state index in [1.54, 1.807) is 7.11 Å². The van der Waals surface area contributed by atoms with Gasteiger partial charge in [-0.2, -0.15) is 0 Å². The number of rotatable bonds is 3. The van der Waals surface area contributed by atoms with Crippen LogP contribution in [-0.4, -0.2) is 59.5 Å². The van der Waals surface area contributed by atoms with Crippen LogP contribution in [0, 0.1) is 0 Å². The van der Waals surface area contributed by atoms with Crippen LogP contribution in [0.2, 0.25) is 0 Å². The molecule has 1 fully saturated rings. The lowest BCUT2D eigenvalue weighted by molar-refractivity contribution is -0.257. The summed E-state index contributed by atoms with van der Waals surface area (Å²) in [5, 5.41) is 20.3. The van der Waals surface area contributed by atoms with Crippen molar-refractivity contribution in [1.29, 1.82) is 0 Å². The van der Waals surface area contributed by atoms with Gasteiger partial charge in [-0.15, -0.1) is 0 Å². The minimum absolute atomic E-state index is 0.243. The van der Waals surface area contributed by atoms with Gasteiger partial charge in [-0.3, -0.25) is 0 Å². The first-order valence-corrected chi connectivity index (χ1v) is 6.29. The summed E-state index contributed by atoms with van der Waals surface area (Å²) in [4.78, 5) is 0. The van der Waals surface area contributed by atoms with Crippen molar-refractivity contribution in [3.8, 4) is 0 Å². The Balaban J connectivity index is 2.72. The Morgan fingerprint density at radius 1 is 1.06 bits per heavy atom. The van der Waals surface area contributed by atoms with Crippen LogP contribution in [0.4, 0.5) is 0 Å². The Kier molecular flexibility index (Phi) is 4.78. The Labute approximate surface area is 109 Å². The van der Waals surface area contributed by atoms with Crippen molar-refractivity contribution in [2.24, 2.45) is 0 Å². The number of ether oxygens (including phenoxy) is 3. The normalized spacial score (nSPS) is 34.7. The first-order valence-electron chi connectivity index (χ1n) is 6.29. The quantitative estimate of drug-likeness (QED) is 0.784. The fraction of sp³-hybridized carbons (Fsp3) is 1.00. The van der Waals surface area contributed by atoms with Gasteiger partial charge in [0.2, 0.25) is 0 Å². The average Bonchev–Trinajstić information content (AvgIpc) is 2.23. The van der Waals surface area contributed by atoms with Gasteiger partial charge in [-0.1, -0.05) is 0 Å². The molecule has 5 heteroatoms. The molecule has 1 aliphatic heterocycles. The van der Waals surface area contributed by atoms with Gasteiger partial charge in [0.1, 0.15) is 24.4 Å². The smallest absolute Gasteiger partial charge is 0.114 e. The molecule has 0 aromatic rings. The molecule has 1 rings (SSSR count). The number of hydrogen-bond donors (Lipinski definition) is 2. The molecule has 0 amide bonds. The van der Waals surface area contributed by atoms with Crippen LogP contribution in [0.25, 0.3) is 0 Å². The molecule has 1 aliphatic rings. The summed E-state index contributed by atoms with van der Waals surface area (Å²) in [6.45, 7) is 9.58. The van der Waals surface area contributed by atoms with Gasteiger partial charge in [-0.05, 0) is 34.6 Å². The molecule has 0 unspecified atom stereocenters. The lowest BCUT2D eigenvalue weighted by Gasteiger charge is -2.45. The van der Waals surface area contributed by atoms with E-state index < -0.39 is 35.6 Å². The van der Waals surface area contributed by atoms with Gasteiger partial charge >= 0.3 is 0 Å². The molecule has 4 atom stereocenters. The van der Waals surface area contributed by atoms with Gasteiger partial charge in [0.05, 0.1) is 17.8 Å². The van der Waals surface area contributed by atoms with Crippen molar-refractivity contribution < 1.29 is 24.4 Å². The second kappa shape index (κ2) is 5.43. The summed E-state index contributed by atoms with van der Waals surface area (Å²) in [6, 6.07) is 0. The molecule has 2 N–H and O–H groups in total. The highest BCUT2D eigenvalue weighted by atomic mass is 16.6. The second-order valence-electron chi connectivity index (χ2n) is 6.31. The van der Waals surface area contributed by atoms with Crippen LogP contribution in [0.3, 0.4) is 0 Å². The van der Waals surface area contributed by atoms with E-state index in [0.717, 1.165) is 0 Å². The van der Waals surface area contributed by atoms with E-state index in [1.807, 2.05) is 34.6 Å². The van der Waals surface area contributed by atoms with E-state index in [-0.39, 0.29) is 6.61 Å². The Morgan fingerprint density at radius 3 is 2.06 bits per heavy atom. The average molecular weight is 262 g/mol. The topological polar surface area (TPSA) is 68.2 Å². The van der Waals surface area contributed by atoms with Crippen molar-refractivity contribution in [3.05, 3.63) is 0 Å². The molecule has 18 heavy (non-hydrogen) atoms. The minimum Gasteiger partial charge on any atom is -0.388 e. The van der Waals surface area contributed by atoms with Crippen LogP contribution in [0.1, 0.15) is 34.6 Å². The first kappa shape index (κ1) is 15.9. The molecule has 0 saturated carbocycles. The zero-order chi connectivity index (χ0) is 14.1. The maximum Gasteiger partial charge on any atom is 0.114 e. The molecule has 0 aliphatic carbocycles. The lowest BCUT2D eigenvalue weighted by atomic mass is 9.89. The Bertz CT molecular complexity index is 271. The molecule has 108 valence electrons. The summed E-state index contributed by atoms with van der Waals surface area (Å²) in [6.07, 6.45) is -3.10. The molecule has 0 aromatic carbocycles. The SMILES string of the molecule is COC(C)(C)[C@@H]1OC[C@@H](OC(C)(C)C)[C@H](O)[C@@H]1O. The van der Waals surface area contributed by atoms with Gasteiger partial charge in [-0.25, -0.2) is 0 Å². The lowest BCUT2D eigenvalue weighted by Crippen LogP contribution is -2.61. The van der Waals surface area contributed by atoms with Crippen molar-refractivity contribution in [3.63, 3.8) is 0 Å². The van der Waals surface area contributed by atoms with Gasteiger partial charge < -0.3 is 24.4 Å². The highest BCUT2D eigenvalue weighted by Gasteiger charge is 2.47. The molecule has 0 spiro atoms. The van der Waals surface area contributed by atoms with Gasteiger partial charge in [0, 0.05) is 7.11 Å². The van der Waals surface area contributed by atoms with Gasteiger partial charge in [0.25, 0.3) is 0 Å². The monoisotopic (exact) mass is 262 g/mol. The van der Waals surface area contributed by atoms with E-state index in [1.165, 1.54) is 0 Å². The zero-order valence-corrected chi connectivity index (χ0v) is 12.1. The van der Waals surface area contributed by atoms with E-state index in [9.17, 15) is 10.2 Å². The molecule has 5 nitrogen and oxygen atoms in total. The summed E-state index contributed by atoms with van der Waals surface area (Å²) >= 11 is 0. The fourth-order valence-corrected chi connectivity index (χ4v) is 2.08. The molecule has 1 heterocycles. The number of aliphatic hydroxyl groups excluding tert-OH is 2. The van der Waals surface area contributed by atoms with Crippen molar-refractivity contribution in [2.45, 2.75) is 70.2 Å². The molecule has 0 bridgehead atoms. The first-order chi connectivity index (χ1) is 8.08. The van der Waals surface area contributed by atoms with E-state index >= 15 is 0 Å². The van der Waals surface area contributed by atoms with E-state index in [4.69, 9.17) is 14.2 Å². The van der Waals surface area contributed by atoms with Crippen molar-refractivity contribution >= 4 is 0 Å². The van der Waals surface area contributed by atoms with Crippen molar-refractivity contribution in [1.82, 2.24) is 0 Å². The largest absolute Gasteiger partial charge is 0.388 e. The summed E-state index contributed by atoms with van der Waals surface area (Å²) in [7, 11) is 1.56. The van der Waals surface area contributed by atoms with Gasteiger partial charge in [0.15, 0.2) is 0 Å². The molecule has 0 aromatic heterocycles. The molecular formula is C13H26O5. The zero-order valence-electron chi connectivity index (χ0n) is 12.1. The maximum absolute atomic E-state index is 10.1. The van der Waals surface area contributed by atoms with Crippen LogP contribution < -0.4 is 0 Å². The van der Waals surface area contributed by atoms with Crippen molar-refractivity contribution in [2.75, 3.05) is 13.7 Å². The highest BCUT2D eigenvalue weighted by molar-refractivity contribution is 4.96. The molecule has 0 radical (unpaired) electrons. The maximum atomic E-state index is 10.1. The number of aliphatic hydroxyl groups is 2. The van der Waals surface area contributed by atoms with E-state index in [0.29, 0.717) is 0 Å². The summed E-state index contributed by atoms with van der Waals surface area (Å²) in [5.74, 6) is 0. The number of methoxy groups -OCH3 is 1. The molecular weight excluding hydrogens is 236 g/mol. The third kappa shape index (κ3) is 3.65. The third-order valence-corrected chi connectivity index (χ3v) is 3.20. The van der Waals surface area contributed by atoms with Crippen LogP contribution >= 0.6 is 0 Å². The fourth-order valence-electron chi connectivity index (χ4n) is 2.08. The van der Waals surface area contributed by atoms with Crippen LogP contribution in [-0.2, 0) is 14.2 Å². The van der Waals surface area contributed by atoms with E-state index in [2.05, 4.69) is 0 Å². The summed E-state index contributed by atoms with van der Waals surface area (Å²) < 4.78 is 16.6. The summed E-state index contributed by atoms with van der Waals surface area (Å²) in [5.41, 5.74) is -1.05. The van der Waals surface area contributed by atoms with Crippen LogP contribution in [0.15, 0.2) is 0 Å². The number of hydrogen-bond acceptors (Lipinski definition) is 5. The highest BCUT2D eigenvalue weighted by Crippen LogP contribution is 2.29. The molecule has 1 saturated heterocycles. The standard InChI is InChI=1S/C13H26O5/c1-12(2,3)18-8-7-17-11(10(15)9(8)14)13(4,5)16-6/h8-11,14-15H,7H2,1-6H3/t8-,9+,10+,11-/m1/s1. The predicted octanol–water partition coefficient (Wildman–Crippen LogP) is 0.716.